The number of hydrogen-bond donors (Lipinski definition) is 0. The van der Waals surface area contributed by atoms with E-state index in [1.54, 1.807) is 13.8 Å². The maximum atomic E-state index is 11.9. The third-order valence-electron chi connectivity index (χ3n) is 3.58. The highest BCUT2D eigenvalue weighted by Gasteiger charge is 2.28. The number of ether oxygens (including phenoxy) is 2. The summed E-state index contributed by atoms with van der Waals surface area (Å²) >= 11 is 1.32. The Morgan fingerprint density at radius 1 is 1.36 bits per heavy atom. The van der Waals surface area contributed by atoms with Crippen molar-refractivity contribution in [3.63, 3.8) is 0 Å². The molecular weight excluding hydrogens is 300 g/mol. The van der Waals surface area contributed by atoms with Gasteiger partial charge < -0.3 is 9.47 Å². The molecule has 1 aromatic rings. The standard InChI is InChI=1S/C17H22O4S/c1-5-20-16(19)10-22-15-9-14-12(8-13(15)11(2)18)6-7-17(3,4)21-14/h8-9H,5-7,10H2,1-4H3. The topological polar surface area (TPSA) is 52.6 Å². The molecule has 0 N–H and O–H groups in total. The summed E-state index contributed by atoms with van der Waals surface area (Å²) in [4.78, 5) is 24.2. The number of fused-ring (bicyclic) bond motifs is 1. The van der Waals surface area contributed by atoms with E-state index in [4.69, 9.17) is 9.47 Å². The van der Waals surface area contributed by atoms with Gasteiger partial charge in [-0.3, -0.25) is 9.59 Å². The first-order chi connectivity index (χ1) is 10.3. The minimum atomic E-state index is -0.277. The van der Waals surface area contributed by atoms with E-state index in [1.807, 2.05) is 12.1 Å². The number of thioether (sulfide) groups is 1. The molecule has 2 rings (SSSR count). The minimum absolute atomic E-state index is 0.000933. The van der Waals surface area contributed by atoms with Crippen molar-refractivity contribution in [1.82, 2.24) is 0 Å². The lowest BCUT2D eigenvalue weighted by Gasteiger charge is -2.33. The second-order valence-corrected chi connectivity index (χ2v) is 6.98. The lowest BCUT2D eigenvalue weighted by molar-refractivity contribution is -0.139. The molecule has 0 aliphatic carbocycles. The Morgan fingerprint density at radius 2 is 2.09 bits per heavy atom. The van der Waals surface area contributed by atoms with Crippen molar-refractivity contribution in [3.05, 3.63) is 23.3 Å². The summed E-state index contributed by atoms with van der Waals surface area (Å²) in [5.41, 5.74) is 1.51. The summed E-state index contributed by atoms with van der Waals surface area (Å²) < 4.78 is 10.9. The van der Waals surface area contributed by atoms with Crippen molar-refractivity contribution in [2.45, 2.75) is 51.0 Å². The number of ketones is 1. The highest BCUT2D eigenvalue weighted by Crippen LogP contribution is 2.38. The van der Waals surface area contributed by atoms with Gasteiger partial charge in [-0.05, 0) is 58.2 Å². The number of carbonyl (C=O) groups is 2. The van der Waals surface area contributed by atoms with Gasteiger partial charge in [-0.2, -0.15) is 0 Å². The van der Waals surface area contributed by atoms with E-state index >= 15 is 0 Å². The van der Waals surface area contributed by atoms with Crippen LogP contribution in [0.2, 0.25) is 0 Å². The first kappa shape index (κ1) is 16.9. The van der Waals surface area contributed by atoms with Gasteiger partial charge in [-0.15, -0.1) is 11.8 Å². The van der Waals surface area contributed by atoms with E-state index in [2.05, 4.69) is 13.8 Å². The van der Waals surface area contributed by atoms with Gasteiger partial charge in [0.2, 0.25) is 0 Å². The van der Waals surface area contributed by atoms with Crippen LogP contribution >= 0.6 is 11.8 Å². The molecule has 1 heterocycles. The van der Waals surface area contributed by atoms with Crippen LogP contribution in [-0.2, 0) is 16.0 Å². The lowest BCUT2D eigenvalue weighted by Crippen LogP contribution is -2.32. The van der Waals surface area contributed by atoms with Gasteiger partial charge in [0.25, 0.3) is 0 Å². The smallest absolute Gasteiger partial charge is 0.316 e. The monoisotopic (exact) mass is 322 g/mol. The third-order valence-corrected chi connectivity index (χ3v) is 4.60. The van der Waals surface area contributed by atoms with E-state index < -0.39 is 0 Å². The molecule has 0 radical (unpaired) electrons. The van der Waals surface area contributed by atoms with Crippen LogP contribution in [0.25, 0.3) is 0 Å². The van der Waals surface area contributed by atoms with Crippen molar-refractivity contribution in [2.75, 3.05) is 12.4 Å². The average Bonchev–Trinajstić information content (AvgIpc) is 2.43. The van der Waals surface area contributed by atoms with Gasteiger partial charge in [-0.25, -0.2) is 0 Å². The van der Waals surface area contributed by atoms with E-state index in [9.17, 15) is 9.59 Å². The fourth-order valence-corrected chi connectivity index (χ4v) is 3.32. The van der Waals surface area contributed by atoms with E-state index in [1.165, 1.54) is 11.8 Å². The highest BCUT2D eigenvalue weighted by molar-refractivity contribution is 8.00. The zero-order valence-corrected chi connectivity index (χ0v) is 14.3. The first-order valence-electron chi connectivity index (χ1n) is 7.47. The fourth-order valence-electron chi connectivity index (χ4n) is 2.41. The molecule has 1 aliphatic rings. The predicted octanol–water partition coefficient (Wildman–Crippen LogP) is 3.65. The first-order valence-corrected chi connectivity index (χ1v) is 8.46. The zero-order chi connectivity index (χ0) is 16.3. The summed E-state index contributed by atoms with van der Waals surface area (Å²) in [6, 6.07) is 3.79. The van der Waals surface area contributed by atoms with Crippen molar-refractivity contribution >= 4 is 23.5 Å². The lowest BCUT2D eigenvalue weighted by atomic mass is 9.93. The zero-order valence-electron chi connectivity index (χ0n) is 13.5. The Kier molecular flexibility index (Phi) is 5.16. The van der Waals surface area contributed by atoms with Gasteiger partial charge in [0.15, 0.2) is 5.78 Å². The van der Waals surface area contributed by atoms with Crippen LogP contribution in [-0.4, -0.2) is 29.7 Å². The molecule has 0 fully saturated rings. The molecule has 0 saturated heterocycles. The molecule has 5 heteroatoms. The number of esters is 1. The van der Waals surface area contributed by atoms with E-state index in [-0.39, 0.29) is 23.1 Å². The predicted molar refractivity (Wildman–Crippen MR) is 86.8 cm³/mol. The summed E-state index contributed by atoms with van der Waals surface area (Å²) in [6.45, 7) is 7.79. The number of Topliss-reactive ketones (excluding diaryl/α,β-unsaturated/α-hetero) is 1. The van der Waals surface area contributed by atoms with Gasteiger partial charge in [0, 0.05) is 10.5 Å². The normalized spacial score (nSPS) is 15.6. The van der Waals surface area contributed by atoms with Crippen LogP contribution in [0, 0.1) is 0 Å². The van der Waals surface area contributed by atoms with Crippen molar-refractivity contribution < 1.29 is 19.1 Å². The summed E-state index contributed by atoms with van der Waals surface area (Å²) in [5.74, 6) is 0.726. The molecule has 0 spiro atoms. The Hall–Kier alpha value is -1.49. The van der Waals surface area contributed by atoms with Crippen LogP contribution in [0.4, 0.5) is 0 Å². The van der Waals surface area contributed by atoms with Crippen molar-refractivity contribution in [1.29, 1.82) is 0 Å². The number of rotatable bonds is 5. The van der Waals surface area contributed by atoms with Gasteiger partial charge in [-0.1, -0.05) is 0 Å². The van der Waals surface area contributed by atoms with Crippen LogP contribution < -0.4 is 4.74 Å². The van der Waals surface area contributed by atoms with Gasteiger partial charge in [0.1, 0.15) is 11.4 Å². The Morgan fingerprint density at radius 3 is 2.73 bits per heavy atom. The van der Waals surface area contributed by atoms with Crippen molar-refractivity contribution in [3.8, 4) is 5.75 Å². The summed E-state index contributed by atoms with van der Waals surface area (Å²) in [7, 11) is 0. The third kappa shape index (κ3) is 4.03. The second kappa shape index (κ2) is 6.73. The molecule has 0 atom stereocenters. The Balaban J connectivity index is 2.27. The van der Waals surface area contributed by atoms with Gasteiger partial charge in [0.05, 0.1) is 12.4 Å². The minimum Gasteiger partial charge on any atom is -0.488 e. The quantitative estimate of drug-likeness (QED) is 0.470. The summed E-state index contributed by atoms with van der Waals surface area (Å²) in [5, 5.41) is 0. The number of aryl methyl sites for hydroxylation is 1. The molecule has 120 valence electrons. The maximum Gasteiger partial charge on any atom is 0.316 e. The van der Waals surface area contributed by atoms with E-state index in [0.717, 1.165) is 29.1 Å². The molecular formula is C17H22O4S. The largest absolute Gasteiger partial charge is 0.488 e. The van der Waals surface area contributed by atoms with Gasteiger partial charge >= 0.3 is 5.97 Å². The molecule has 1 aromatic carbocycles. The Labute approximate surface area is 135 Å². The average molecular weight is 322 g/mol. The van der Waals surface area contributed by atoms with Crippen molar-refractivity contribution in [2.24, 2.45) is 0 Å². The number of benzene rings is 1. The Bertz CT molecular complexity index is 593. The molecule has 1 aliphatic heterocycles. The molecule has 4 nitrogen and oxygen atoms in total. The van der Waals surface area contributed by atoms with Crippen LogP contribution in [0.5, 0.6) is 5.75 Å². The number of carbonyl (C=O) groups excluding carboxylic acids is 2. The van der Waals surface area contributed by atoms with Crippen LogP contribution in [0.1, 0.15) is 50.0 Å². The summed E-state index contributed by atoms with van der Waals surface area (Å²) in [6.07, 6.45) is 1.82. The van der Waals surface area contributed by atoms with E-state index in [0.29, 0.717) is 12.2 Å². The SMILES string of the molecule is CCOC(=O)CSc1cc2c(cc1C(C)=O)CCC(C)(C)O2. The highest BCUT2D eigenvalue weighted by atomic mass is 32.2. The molecule has 0 aromatic heterocycles. The molecule has 22 heavy (non-hydrogen) atoms. The molecule has 0 saturated carbocycles. The second-order valence-electron chi connectivity index (χ2n) is 5.97. The number of hydrogen-bond acceptors (Lipinski definition) is 5. The molecule has 0 amide bonds. The van der Waals surface area contributed by atoms with Crippen LogP contribution in [0.3, 0.4) is 0 Å². The fraction of sp³-hybridized carbons (Fsp3) is 0.529. The van der Waals surface area contributed by atoms with Crippen LogP contribution in [0.15, 0.2) is 17.0 Å². The molecule has 0 bridgehead atoms. The maximum absolute atomic E-state index is 11.9. The molecule has 0 unspecified atom stereocenters.